The molecule has 1 amide bonds. The highest BCUT2D eigenvalue weighted by molar-refractivity contribution is 5.85. The number of ether oxygens (including phenoxy) is 1. The average molecular weight is 384 g/mol. The van der Waals surface area contributed by atoms with Gasteiger partial charge in [-0.3, -0.25) is 18.7 Å². The van der Waals surface area contributed by atoms with E-state index >= 15 is 0 Å². The number of carbonyl (C=O) groups excluding carboxylic acids is 1. The molecule has 3 rings (SSSR count). The Bertz CT molecular complexity index is 1170. The molecule has 2 heterocycles. The molecule has 146 valence electrons. The zero-order chi connectivity index (χ0) is 20.3. The maximum absolute atomic E-state index is 12.4. The second-order valence-electron chi connectivity index (χ2n) is 6.01. The Kier molecular flexibility index (Phi) is 5.39. The molecule has 28 heavy (non-hydrogen) atoms. The number of nitrogens with zero attached hydrogens (tertiary/aromatic N) is 5. The minimum atomic E-state index is -0.516. The number of fused-ring (bicyclic) bond motifs is 1. The maximum atomic E-state index is 12.4. The summed E-state index contributed by atoms with van der Waals surface area (Å²) in [4.78, 5) is 40.6. The fraction of sp³-hybridized carbons (Fsp3) is 0.278. The first-order valence-electron chi connectivity index (χ1n) is 8.58. The molecule has 0 aliphatic rings. The number of amides is 1. The van der Waals surface area contributed by atoms with Crippen LogP contribution in [-0.4, -0.2) is 37.4 Å². The van der Waals surface area contributed by atoms with Gasteiger partial charge >= 0.3 is 5.69 Å². The first-order chi connectivity index (χ1) is 13.4. The second-order valence-corrected chi connectivity index (χ2v) is 6.01. The minimum absolute atomic E-state index is 0.172. The lowest BCUT2D eigenvalue weighted by atomic mass is 10.2. The van der Waals surface area contributed by atoms with E-state index in [0.717, 1.165) is 10.1 Å². The van der Waals surface area contributed by atoms with Gasteiger partial charge in [-0.1, -0.05) is 12.1 Å². The summed E-state index contributed by atoms with van der Waals surface area (Å²) in [5, 5.41) is 3.94. The number of imidazole rings is 1. The highest BCUT2D eigenvalue weighted by Crippen LogP contribution is 2.15. The van der Waals surface area contributed by atoms with Crippen molar-refractivity contribution in [3.63, 3.8) is 0 Å². The van der Waals surface area contributed by atoms with E-state index in [1.54, 1.807) is 0 Å². The smallest absolute Gasteiger partial charge is 0.332 e. The van der Waals surface area contributed by atoms with Crippen molar-refractivity contribution < 1.29 is 9.53 Å². The van der Waals surface area contributed by atoms with Gasteiger partial charge in [0.05, 0.1) is 19.1 Å². The molecular weight excluding hydrogens is 364 g/mol. The van der Waals surface area contributed by atoms with Crippen molar-refractivity contribution in [3.05, 3.63) is 57.0 Å². The molecular formula is C18H20N6O4. The lowest BCUT2D eigenvalue weighted by Gasteiger charge is -2.07. The van der Waals surface area contributed by atoms with Crippen LogP contribution in [0.15, 0.2) is 45.3 Å². The number of carbonyl (C=O) groups is 1. The summed E-state index contributed by atoms with van der Waals surface area (Å²) in [5.74, 6) is 0.216. The van der Waals surface area contributed by atoms with Crippen molar-refractivity contribution in [2.45, 2.75) is 13.5 Å². The number of hydrazone groups is 1. The van der Waals surface area contributed by atoms with Gasteiger partial charge < -0.3 is 9.30 Å². The molecule has 2 aromatic heterocycles. The Labute approximate surface area is 159 Å². The van der Waals surface area contributed by atoms with Crippen LogP contribution in [0.2, 0.25) is 0 Å². The second kappa shape index (κ2) is 7.91. The van der Waals surface area contributed by atoms with Crippen LogP contribution in [0.25, 0.3) is 11.2 Å². The third kappa shape index (κ3) is 3.56. The van der Waals surface area contributed by atoms with Gasteiger partial charge in [0, 0.05) is 19.7 Å². The zero-order valence-corrected chi connectivity index (χ0v) is 15.7. The SMILES string of the molecule is CCOc1ccccc1C=NNC(=O)Cn1cnc2c1c(=O)n(C)c(=O)n2C. The van der Waals surface area contributed by atoms with Crippen LogP contribution in [0.4, 0.5) is 0 Å². The molecule has 0 aliphatic heterocycles. The number of aromatic nitrogens is 4. The molecule has 1 aromatic carbocycles. The van der Waals surface area contributed by atoms with Crippen LogP contribution < -0.4 is 21.4 Å². The van der Waals surface area contributed by atoms with Crippen molar-refractivity contribution in [3.8, 4) is 5.75 Å². The average Bonchev–Trinajstić information content (AvgIpc) is 3.10. The summed E-state index contributed by atoms with van der Waals surface area (Å²) < 4.78 is 9.11. The molecule has 3 aromatic rings. The third-order valence-electron chi connectivity index (χ3n) is 4.14. The summed E-state index contributed by atoms with van der Waals surface area (Å²) in [5.41, 5.74) is 2.53. The molecule has 0 unspecified atom stereocenters. The van der Waals surface area contributed by atoms with Crippen LogP contribution in [0.3, 0.4) is 0 Å². The predicted molar refractivity (Wildman–Crippen MR) is 104 cm³/mol. The van der Waals surface area contributed by atoms with Crippen molar-refractivity contribution >= 4 is 23.3 Å². The van der Waals surface area contributed by atoms with Gasteiger partial charge in [0.25, 0.3) is 11.5 Å². The molecule has 0 radical (unpaired) electrons. The van der Waals surface area contributed by atoms with Gasteiger partial charge in [0.1, 0.15) is 12.3 Å². The summed E-state index contributed by atoms with van der Waals surface area (Å²) in [6, 6.07) is 7.31. The number of nitrogens with one attached hydrogen (secondary N) is 1. The van der Waals surface area contributed by atoms with Crippen molar-refractivity contribution in [2.24, 2.45) is 19.2 Å². The van der Waals surface area contributed by atoms with Gasteiger partial charge in [-0.25, -0.2) is 15.2 Å². The van der Waals surface area contributed by atoms with Crippen molar-refractivity contribution in [1.82, 2.24) is 24.1 Å². The standard InChI is InChI=1S/C18H20N6O4/c1-4-28-13-8-6-5-7-12(13)9-20-21-14(25)10-24-11-19-16-15(24)17(26)23(3)18(27)22(16)2/h5-9,11H,4,10H2,1-3H3,(H,21,25). The first kappa shape index (κ1) is 19.1. The molecule has 0 atom stereocenters. The Balaban J connectivity index is 1.78. The number of hydrogen-bond donors (Lipinski definition) is 1. The maximum Gasteiger partial charge on any atom is 0.332 e. The first-order valence-corrected chi connectivity index (χ1v) is 8.58. The number of hydrogen-bond acceptors (Lipinski definition) is 6. The van der Waals surface area contributed by atoms with Crippen LogP contribution in [0.1, 0.15) is 12.5 Å². The van der Waals surface area contributed by atoms with E-state index in [0.29, 0.717) is 12.4 Å². The monoisotopic (exact) mass is 384 g/mol. The molecule has 0 saturated heterocycles. The van der Waals surface area contributed by atoms with Crippen molar-refractivity contribution in [1.29, 1.82) is 0 Å². The Morgan fingerprint density at radius 2 is 2.00 bits per heavy atom. The fourth-order valence-electron chi connectivity index (χ4n) is 2.75. The van der Waals surface area contributed by atoms with Gasteiger partial charge in [0.2, 0.25) is 0 Å². The quantitative estimate of drug-likeness (QED) is 0.474. The van der Waals surface area contributed by atoms with Gasteiger partial charge in [-0.05, 0) is 19.1 Å². The summed E-state index contributed by atoms with van der Waals surface area (Å²) in [6.07, 6.45) is 2.83. The summed E-state index contributed by atoms with van der Waals surface area (Å²) in [6.45, 7) is 2.22. The highest BCUT2D eigenvalue weighted by atomic mass is 16.5. The normalized spacial score (nSPS) is 11.2. The molecule has 0 spiro atoms. The largest absolute Gasteiger partial charge is 0.493 e. The summed E-state index contributed by atoms with van der Waals surface area (Å²) >= 11 is 0. The number of benzene rings is 1. The van der Waals surface area contributed by atoms with Crippen LogP contribution in [0, 0.1) is 0 Å². The molecule has 10 heteroatoms. The van der Waals surface area contributed by atoms with E-state index in [2.05, 4.69) is 15.5 Å². The zero-order valence-electron chi connectivity index (χ0n) is 15.7. The molecule has 1 N–H and O–H groups in total. The van der Waals surface area contributed by atoms with Crippen molar-refractivity contribution in [2.75, 3.05) is 6.61 Å². The lowest BCUT2D eigenvalue weighted by Crippen LogP contribution is -2.38. The minimum Gasteiger partial charge on any atom is -0.493 e. The Morgan fingerprint density at radius 1 is 1.25 bits per heavy atom. The van der Waals surface area contributed by atoms with E-state index in [4.69, 9.17) is 4.74 Å². The number of para-hydroxylation sites is 1. The molecule has 0 bridgehead atoms. The van der Waals surface area contributed by atoms with Gasteiger partial charge in [-0.2, -0.15) is 5.10 Å². The van der Waals surface area contributed by atoms with E-state index < -0.39 is 17.2 Å². The van der Waals surface area contributed by atoms with Crippen LogP contribution >= 0.6 is 0 Å². The molecule has 0 aliphatic carbocycles. The van der Waals surface area contributed by atoms with E-state index in [1.807, 2.05) is 31.2 Å². The predicted octanol–water partition coefficient (Wildman–Crippen LogP) is -0.0173. The molecule has 0 fully saturated rings. The van der Waals surface area contributed by atoms with Crippen LogP contribution in [-0.2, 0) is 25.4 Å². The molecule has 10 nitrogen and oxygen atoms in total. The summed E-state index contributed by atoms with van der Waals surface area (Å²) in [7, 11) is 2.89. The number of aryl methyl sites for hydroxylation is 1. The Morgan fingerprint density at radius 3 is 2.75 bits per heavy atom. The van der Waals surface area contributed by atoms with Crippen LogP contribution in [0.5, 0.6) is 5.75 Å². The van der Waals surface area contributed by atoms with Gasteiger partial charge in [-0.15, -0.1) is 0 Å². The van der Waals surface area contributed by atoms with Gasteiger partial charge in [0.15, 0.2) is 11.2 Å². The Hall–Kier alpha value is -3.69. The fourth-order valence-corrected chi connectivity index (χ4v) is 2.75. The van der Waals surface area contributed by atoms with E-state index in [-0.39, 0.29) is 17.7 Å². The number of rotatable bonds is 6. The topological polar surface area (TPSA) is 113 Å². The van der Waals surface area contributed by atoms with E-state index in [1.165, 1.54) is 35.8 Å². The molecule has 0 saturated carbocycles. The lowest BCUT2D eigenvalue weighted by molar-refractivity contribution is -0.121. The highest BCUT2D eigenvalue weighted by Gasteiger charge is 2.15. The third-order valence-corrected chi connectivity index (χ3v) is 4.14. The van der Waals surface area contributed by atoms with E-state index in [9.17, 15) is 14.4 Å².